The lowest BCUT2D eigenvalue weighted by Gasteiger charge is -2.16. The molecule has 2 rings (SSSR count). The van der Waals surface area contributed by atoms with Crippen molar-refractivity contribution in [2.75, 3.05) is 5.73 Å². The van der Waals surface area contributed by atoms with Gasteiger partial charge in [0.25, 0.3) is 5.91 Å². The number of para-hydroxylation sites is 1. The molecule has 0 aliphatic heterocycles. The van der Waals surface area contributed by atoms with E-state index >= 15 is 0 Å². The van der Waals surface area contributed by atoms with Crippen LogP contribution in [-0.4, -0.2) is 5.91 Å². The van der Waals surface area contributed by atoms with Crippen molar-refractivity contribution in [3.05, 3.63) is 63.4 Å². The van der Waals surface area contributed by atoms with Crippen molar-refractivity contribution in [3.63, 3.8) is 0 Å². The van der Waals surface area contributed by atoms with E-state index in [1.807, 2.05) is 0 Å². The molecular weight excluding hydrogens is 314 g/mol. The van der Waals surface area contributed by atoms with Crippen molar-refractivity contribution in [1.82, 2.24) is 5.32 Å². The summed E-state index contributed by atoms with van der Waals surface area (Å²) in [6, 6.07) is 8.86. The van der Waals surface area contributed by atoms with Crippen molar-refractivity contribution in [2.24, 2.45) is 0 Å². The number of rotatable bonds is 3. The standard InChI is InChI=1S/C15H13Cl2FN2O/c1-8(9-5-6-11(16)12(17)7-9)20-15(21)10-3-2-4-13(18)14(10)19/h2-8H,19H2,1H3,(H,20,21). The first-order chi connectivity index (χ1) is 9.90. The number of carbonyl (C=O) groups is 1. The SMILES string of the molecule is CC(NC(=O)c1cccc(F)c1N)c1ccc(Cl)c(Cl)c1. The van der Waals surface area contributed by atoms with Crippen LogP contribution in [0.25, 0.3) is 0 Å². The van der Waals surface area contributed by atoms with Crippen molar-refractivity contribution in [2.45, 2.75) is 13.0 Å². The van der Waals surface area contributed by atoms with Gasteiger partial charge in [-0.3, -0.25) is 4.79 Å². The summed E-state index contributed by atoms with van der Waals surface area (Å²) in [5, 5.41) is 3.58. The highest BCUT2D eigenvalue weighted by Gasteiger charge is 2.16. The third-order valence-electron chi connectivity index (χ3n) is 3.09. The maximum atomic E-state index is 13.4. The molecule has 6 heteroatoms. The Hall–Kier alpha value is -1.78. The summed E-state index contributed by atoms with van der Waals surface area (Å²) in [6.45, 7) is 1.78. The van der Waals surface area contributed by atoms with Gasteiger partial charge in [-0.05, 0) is 36.8 Å². The first-order valence-electron chi connectivity index (χ1n) is 6.20. The minimum absolute atomic E-state index is 0.0990. The summed E-state index contributed by atoms with van der Waals surface area (Å²) in [4.78, 5) is 12.1. The highest BCUT2D eigenvalue weighted by Crippen LogP contribution is 2.26. The van der Waals surface area contributed by atoms with Gasteiger partial charge in [-0.2, -0.15) is 0 Å². The van der Waals surface area contributed by atoms with E-state index in [9.17, 15) is 9.18 Å². The molecule has 21 heavy (non-hydrogen) atoms. The number of nitrogens with one attached hydrogen (secondary N) is 1. The zero-order valence-electron chi connectivity index (χ0n) is 11.2. The lowest BCUT2D eigenvalue weighted by molar-refractivity contribution is 0.0940. The van der Waals surface area contributed by atoms with Crippen LogP contribution in [0, 0.1) is 5.82 Å². The summed E-state index contributed by atoms with van der Waals surface area (Å²) in [6.07, 6.45) is 0. The number of nitrogen functional groups attached to an aromatic ring is 1. The fourth-order valence-electron chi connectivity index (χ4n) is 1.87. The lowest BCUT2D eigenvalue weighted by Crippen LogP contribution is -2.27. The molecule has 110 valence electrons. The monoisotopic (exact) mass is 326 g/mol. The normalized spacial score (nSPS) is 12.0. The number of anilines is 1. The first kappa shape index (κ1) is 15.6. The Kier molecular flexibility index (Phi) is 4.70. The maximum Gasteiger partial charge on any atom is 0.253 e. The van der Waals surface area contributed by atoms with Crippen molar-refractivity contribution < 1.29 is 9.18 Å². The van der Waals surface area contributed by atoms with E-state index in [0.29, 0.717) is 10.0 Å². The van der Waals surface area contributed by atoms with Crippen LogP contribution < -0.4 is 11.1 Å². The fourth-order valence-corrected chi connectivity index (χ4v) is 2.18. The Morgan fingerprint density at radius 2 is 1.95 bits per heavy atom. The summed E-state index contributed by atoms with van der Waals surface area (Å²) in [7, 11) is 0. The van der Waals surface area contributed by atoms with Crippen molar-refractivity contribution in [1.29, 1.82) is 0 Å². The molecule has 1 amide bonds. The largest absolute Gasteiger partial charge is 0.396 e. The van der Waals surface area contributed by atoms with Gasteiger partial charge in [0.15, 0.2) is 0 Å². The van der Waals surface area contributed by atoms with Gasteiger partial charge < -0.3 is 11.1 Å². The van der Waals surface area contributed by atoms with E-state index in [0.717, 1.165) is 5.56 Å². The predicted molar refractivity (Wildman–Crippen MR) is 83.2 cm³/mol. The summed E-state index contributed by atoms with van der Waals surface area (Å²) in [5.74, 6) is -1.07. The topological polar surface area (TPSA) is 55.1 Å². The van der Waals surface area contributed by atoms with Crippen LogP contribution in [0.5, 0.6) is 0 Å². The molecule has 0 fully saturated rings. The number of carbonyl (C=O) groups excluding carboxylic acids is 1. The number of halogens is 3. The summed E-state index contributed by atoms with van der Waals surface area (Å²) >= 11 is 11.8. The van der Waals surface area contributed by atoms with E-state index in [1.165, 1.54) is 18.2 Å². The maximum absolute atomic E-state index is 13.4. The molecule has 0 aliphatic carbocycles. The highest BCUT2D eigenvalue weighted by atomic mass is 35.5. The Labute approximate surface area is 131 Å². The summed E-state index contributed by atoms with van der Waals surface area (Å²) < 4.78 is 13.4. The van der Waals surface area contributed by atoms with Crippen LogP contribution in [0.1, 0.15) is 28.9 Å². The zero-order valence-corrected chi connectivity index (χ0v) is 12.7. The van der Waals surface area contributed by atoms with Gasteiger partial charge in [0.1, 0.15) is 5.82 Å². The number of benzene rings is 2. The van der Waals surface area contributed by atoms with Crippen LogP contribution in [0.4, 0.5) is 10.1 Å². The van der Waals surface area contributed by atoms with Gasteiger partial charge in [-0.25, -0.2) is 4.39 Å². The quantitative estimate of drug-likeness (QED) is 0.830. The molecule has 2 aromatic carbocycles. The van der Waals surface area contributed by atoms with Crippen LogP contribution in [0.15, 0.2) is 36.4 Å². The van der Waals surface area contributed by atoms with Gasteiger partial charge in [-0.15, -0.1) is 0 Å². The highest BCUT2D eigenvalue weighted by molar-refractivity contribution is 6.42. The Morgan fingerprint density at radius 3 is 2.62 bits per heavy atom. The second-order valence-electron chi connectivity index (χ2n) is 4.57. The van der Waals surface area contributed by atoms with Gasteiger partial charge >= 0.3 is 0 Å². The number of amides is 1. The second-order valence-corrected chi connectivity index (χ2v) is 5.38. The van der Waals surface area contributed by atoms with Crippen LogP contribution in [0.2, 0.25) is 10.0 Å². The molecule has 2 aromatic rings. The summed E-state index contributed by atoms with van der Waals surface area (Å²) in [5.41, 5.74) is 6.28. The van der Waals surface area contributed by atoms with Gasteiger partial charge in [-0.1, -0.05) is 35.3 Å². The van der Waals surface area contributed by atoms with Crippen LogP contribution >= 0.6 is 23.2 Å². The number of nitrogens with two attached hydrogens (primary N) is 1. The predicted octanol–water partition coefficient (Wildman–Crippen LogP) is 4.21. The third-order valence-corrected chi connectivity index (χ3v) is 3.83. The van der Waals surface area contributed by atoms with E-state index < -0.39 is 11.7 Å². The molecule has 3 N–H and O–H groups in total. The Balaban J connectivity index is 2.18. The number of hydrogen-bond acceptors (Lipinski definition) is 2. The van der Waals surface area contributed by atoms with Crippen LogP contribution in [0.3, 0.4) is 0 Å². The minimum Gasteiger partial charge on any atom is -0.396 e. The average Bonchev–Trinajstić information content (AvgIpc) is 2.44. The molecule has 0 saturated heterocycles. The molecule has 0 spiro atoms. The second kappa shape index (κ2) is 6.33. The van der Waals surface area contributed by atoms with Gasteiger partial charge in [0, 0.05) is 0 Å². The Bertz CT molecular complexity index is 691. The molecule has 0 saturated carbocycles. The smallest absolute Gasteiger partial charge is 0.253 e. The van der Waals surface area contributed by atoms with Crippen LogP contribution in [-0.2, 0) is 0 Å². The minimum atomic E-state index is -0.621. The molecule has 1 unspecified atom stereocenters. The van der Waals surface area contributed by atoms with E-state index in [-0.39, 0.29) is 17.3 Å². The average molecular weight is 327 g/mol. The molecule has 0 bridgehead atoms. The first-order valence-corrected chi connectivity index (χ1v) is 6.95. The molecule has 0 aliphatic rings. The van der Waals surface area contributed by atoms with Gasteiger partial charge in [0.2, 0.25) is 0 Å². The van der Waals surface area contributed by atoms with Gasteiger partial charge in [0.05, 0.1) is 27.3 Å². The number of hydrogen-bond donors (Lipinski definition) is 2. The zero-order chi connectivity index (χ0) is 15.6. The lowest BCUT2D eigenvalue weighted by atomic mass is 10.1. The molecule has 0 heterocycles. The fraction of sp³-hybridized carbons (Fsp3) is 0.133. The molecule has 3 nitrogen and oxygen atoms in total. The molecule has 0 radical (unpaired) electrons. The van der Waals surface area contributed by atoms with E-state index in [4.69, 9.17) is 28.9 Å². The van der Waals surface area contributed by atoms with Crippen molar-refractivity contribution >= 4 is 34.8 Å². The van der Waals surface area contributed by atoms with E-state index in [1.54, 1.807) is 25.1 Å². The van der Waals surface area contributed by atoms with E-state index in [2.05, 4.69) is 5.32 Å². The van der Waals surface area contributed by atoms with Crippen molar-refractivity contribution in [3.8, 4) is 0 Å². The Morgan fingerprint density at radius 1 is 1.24 bits per heavy atom. The molecule has 1 atom stereocenters. The third kappa shape index (κ3) is 3.46. The molecular formula is C15H13Cl2FN2O. The molecule has 0 aromatic heterocycles.